The number of piperidine rings is 1. The van der Waals surface area contributed by atoms with Crippen molar-refractivity contribution in [2.75, 3.05) is 19.9 Å². The van der Waals surface area contributed by atoms with E-state index in [1.807, 2.05) is 12.1 Å². The van der Waals surface area contributed by atoms with Gasteiger partial charge in [0.05, 0.1) is 18.2 Å². The van der Waals surface area contributed by atoms with E-state index in [4.69, 9.17) is 9.47 Å². The predicted molar refractivity (Wildman–Crippen MR) is 84.0 cm³/mol. The van der Waals surface area contributed by atoms with Gasteiger partial charge in [-0.05, 0) is 37.0 Å². The van der Waals surface area contributed by atoms with Gasteiger partial charge in [-0.1, -0.05) is 18.9 Å². The molecule has 5 nitrogen and oxygen atoms in total. The number of hydrogen-bond donors (Lipinski definition) is 1. The standard InChI is InChI=1S/C18H22N2O3/c19-8-10-20-9-7-18(21)6-2-1-3-14(18)17(20)13-4-5-15-16(11-13)23-12-22-15/h4-5,11,14,17,21H,1-3,6-7,9-10,12H2/t14-,17-,18+/m1/s1. The second-order valence-electron chi connectivity index (χ2n) is 6.89. The molecule has 3 aliphatic rings. The molecule has 1 aromatic rings. The normalized spacial score (nSPS) is 33.0. The van der Waals surface area contributed by atoms with Gasteiger partial charge in [0.15, 0.2) is 11.5 Å². The highest BCUT2D eigenvalue weighted by Crippen LogP contribution is 2.50. The van der Waals surface area contributed by atoms with Crippen LogP contribution in [-0.2, 0) is 0 Å². The van der Waals surface area contributed by atoms with E-state index in [1.54, 1.807) is 0 Å². The van der Waals surface area contributed by atoms with E-state index >= 15 is 0 Å². The van der Waals surface area contributed by atoms with Crippen molar-refractivity contribution in [1.29, 1.82) is 5.26 Å². The molecular formula is C18H22N2O3. The van der Waals surface area contributed by atoms with Crippen LogP contribution in [0.15, 0.2) is 18.2 Å². The molecule has 0 bridgehead atoms. The van der Waals surface area contributed by atoms with Crippen molar-refractivity contribution in [2.24, 2.45) is 5.92 Å². The van der Waals surface area contributed by atoms with Crippen LogP contribution in [0.5, 0.6) is 11.5 Å². The second kappa shape index (κ2) is 5.70. The number of aliphatic hydroxyl groups is 1. The molecule has 122 valence electrons. The molecule has 3 atom stereocenters. The topological polar surface area (TPSA) is 65.7 Å². The molecule has 23 heavy (non-hydrogen) atoms. The molecule has 1 saturated carbocycles. The highest BCUT2D eigenvalue weighted by atomic mass is 16.7. The molecule has 1 aliphatic carbocycles. The highest BCUT2D eigenvalue weighted by Gasteiger charge is 2.48. The summed E-state index contributed by atoms with van der Waals surface area (Å²) in [5.41, 5.74) is 0.528. The number of likely N-dealkylation sites (tertiary alicyclic amines) is 1. The van der Waals surface area contributed by atoms with E-state index in [2.05, 4.69) is 17.0 Å². The third-order valence-electron chi connectivity index (χ3n) is 5.68. The van der Waals surface area contributed by atoms with Crippen molar-refractivity contribution in [3.05, 3.63) is 23.8 Å². The molecule has 4 rings (SSSR count). The molecule has 1 saturated heterocycles. The van der Waals surface area contributed by atoms with E-state index < -0.39 is 5.60 Å². The van der Waals surface area contributed by atoms with Crippen LogP contribution in [0, 0.1) is 17.2 Å². The highest BCUT2D eigenvalue weighted by molar-refractivity contribution is 5.45. The summed E-state index contributed by atoms with van der Waals surface area (Å²) in [4.78, 5) is 2.21. The van der Waals surface area contributed by atoms with Crippen molar-refractivity contribution in [1.82, 2.24) is 4.90 Å². The fraction of sp³-hybridized carbons (Fsp3) is 0.611. The lowest BCUT2D eigenvalue weighted by molar-refractivity contribution is -0.121. The Kier molecular flexibility index (Phi) is 3.67. The zero-order valence-electron chi connectivity index (χ0n) is 13.2. The first-order valence-corrected chi connectivity index (χ1v) is 8.44. The fourth-order valence-corrected chi connectivity index (χ4v) is 4.55. The van der Waals surface area contributed by atoms with Gasteiger partial charge in [-0.3, -0.25) is 4.90 Å². The van der Waals surface area contributed by atoms with Crippen LogP contribution in [0.4, 0.5) is 0 Å². The van der Waals surface area contributed by atoms with Gasteiger partial charge in [0.2, 0.25) is 6.79 Å². The molecular weight excluding hydrogens is 292 g/mol. The number of ether oxygens (including phenoxy) is 2. The zero-order chi connectivity index (χ0) is 15.9. The van der Waals surface area contributed by atoms with Crippen LogP contribution < -0.4 is 9.47 Å². The van der Waals surface area contributed by atoms with Crippen molar-refractivity contribution in [3.8, 4) is 17.6 Å². The number of fused-ring (bicyclic) bond motifs is 2. The van der Waals surface area contributed by atoms with E-state index in [0.717, 1.165) is 55.7 Å². The Bertz CT molecular complexity index is 642. The van der Waals surface area contributed by atoms with Crippen molar-refractivity contribution < 1.29 is 14.6 Å². The minimum atomic E-state index is -0.592. The van der Waals surface area contributed by atoms with Gasteiger partial charge < -0.3 is 14.6 Å². The van der Waals surface area contributed by atoms with Crippen LogP contribution in [0.2, 0.25) is 0 Å². The Hall–Kier alpha value is -1.77. The van der Waals surface area contributed by atoms with Crippen molar-refractivity contribution in [3.63, 3.8) is 0 Å². The van der Waals surface area contributed by atoms with E-state index in [-0.39, 0.29) is 18.8 Å². The van der Waals surface area contributed by atoms with Gasteiger partial charge in [0.25, 0.3) is 0 Å². The number of nitriles is 1. The molecule has 1 N–H and O–H groups in total. The maximum absolute atomic E-state index is 11.1. The molecule has 0 unspecified atom stereocenters. The average molecular weight is 314 g/mol. The Morgan fingerprint density at radius 3 is 3.00 bits per heavy atom. The summed E-state index contributed by atoms with van der Waals surface area (Å²) in [7, 11) is 0. The first-order chi connectivity index (χ1) is 11.2. The van der Waals surface area contributed by atoms with Gasteiger partial charge in [-0.2, -0.15) is 5.26 Å². The summed E-state index contributed by atoms with van der Waals surface area (Å²) in [6.07, 6.45) is 4.89. The molecule has 2 aliphatic heterocycles. The lowest BCUT2D eigenvalue weighted by atomic mass is 9.66. The summed E-state index contributed by atoms with van der Waals surface area (Å²) < 4.78 is 10.9. The molecule has 0 spiro atoms. The Morgan fingerprint density at radius 2 is 2.13 bits per heavy atom. The first-order valence-electron chi connectivity index (χ1n) is 8.44. The van der Waals surface area contributed by atoms with Crippen LogP contribution in [0.1, 0.15) is 43.7 Å². The monoisotopic (exact) mass is 314 g/mol. The average Bonchev–Trinajstić information content (AvgIpc) is 3.02. The molecule has 5 heteroatoms. The third-order valence-corrected chi connectivity index (χ3v) is 5.68. The summed E-state index contributed by atoms with van der Waals surface area (Å²) in [6, 6.07) is 8.39. The number of rotatable bonds is 2. The van der Waals surface area contributed by atoms with Crippen LogP contribution in [-0.4, -0.2) is 35.5 Å². The van der Waals surface area contributed by atoms with Gasteiger partial charge in [0, 0.05) is 18.5 Å². The van der Waals surface area contributed by atoms with Crippen molar-refractivity contribution in [2.45, 2.75) is 43.7 Å². The summed E-state index contributed by atoms with van der Waals surface area (Å²) in [5, 5.41) is 20.3. The van der Waals surface area contributed by atoms with E-state index in [9.17, 15) is 10.4 Å². The quantitative estimate of drug-likeness (QED) is 0.850. The van der Waals surface area contributed by atoms with Gasteiger partial charge in [-0.15, -0.1) is 0 Å². The number of hydrogen-bond acceptors (Lipinski definition) is 5. The van der Waals surface area contributed by atoms with Crippen LogP contribution in [0.25, 0.3) is 0 Å². The number of nitrogens with zero attached hydrogens (tertiary/aromatic N) is 2. The van der Waals surface area contributed by atoms with Gasteiger partial charge in [-0.25, -0.2) is 0 Å². The molecule has 0 radical (unpaired) electrons. The Balaban J connectivity index is 1.72. The van der Waals surface area contributed by atoms with E-state index in [0.29, 0.717) is 6.54 Å². The fourth-order valence-electron chi connectivity index (χ4n) is 4.55. The Morgan fingerprint density at radius 1 is 1.26 bits per heavy atom. The summed E-state index contributed by atoms with van der Waals surface area (Å²) >= 11 is 0. The smallest absolute Gasteiger partial charge is 0.231 e. The second-order valence-corrected chi connectivity index (χ2v) is 6.89. The van der Waals surface area contributed by atoms with Crippen LogP contribution in [0.3, 0.4) is 0 Å². The minimum absolute atomic E-state index is 0.0724. The third kappa shape index (κ3) is 2.46. The molecule has 0 amide bonds. The first kappa shape index (κ1) is 14.8. The van der Waals surface area contributed by atoms with E-state index in [1.165, 1.54) is 0 Å². The number of benzene rings is 1. The lowest BCUT2D eigenvalue weighted by Gasteiger charge is -2.52. The molecule has 0 aromatic heterocycles. The largest absolute Gasteiger partial charge is 0.454 e. The lowest BCUT2D eigenvalue weighted by Crippen LogP contribution is -2.54. The predicted octanol–water partition coefficient (Wildman–Crippen LogP) is 2.61. The minimum Gasteiger partial charge on any atom is -0.454 e. The SMILES string of the molecule is N#CCN1CC[C@@]2(O)CCCC[C@@H]2[C@H]1c1ccc2c(c1)OCO2. The summed E-state index contributed by atoms with van der Waals surface area (Å²) in [5.74, 6) is 1.72. The summed E-state index contributed by atoms with van der Waals surface area (Å²) in [6.45, 7) is 1.42. The van der Waals surface area contributed by atoms with Crippen molar-refractivity contribution >= 4 is 0 Å². The zero-order valence-corrected chi connectivity index (χ0v) is 13.2. The molecule has 2 fully saturated rings. The van der Waals surface area contributed by atoms with Crippen LogP contribution >= 0.6 is 0 Å². The van der Waals surface area contributed by atoms with Gasteiger partial charge >= 0.3 is 0 Å². The maximum Gasteiger partial charge on any atom is 0.231 e. The molecule has 2 heterocycles. The van der Waals surface area contributed by atoms with Gasteiger partial charge in [0.1, 0.15) is 0 Å². The molecule has 1 aromatic carbocycles. The maximum atomic E-state index is 11.1. The Labute approximate surface area is 136 Å².